The SMILES string of the molecule is Cl.NCC(=O)NCC(O)COc1ccc(I)cc1. The lowest BCUT2D eigenvalue weighted by molar-refractivity contribution is -0.120. The van der Waals surface area contributed by atoms with Crippen LogP contribution >= 0.6 is 35.0 Å². The predicted molar refractivity (Wildman–Crippen MR) is 80.0 cm³/mol. The molecule has 0 spiro atoms. The third kappa shape index (κ3) is 7.00. The first-order valence-electron chi connectivity index (χ1n) is 5.15. The highest BCUT2D eigenvalue weighted by Crippen LogP contribution is 2.13. The molecule has 1 aromatic carbocycles. The monoisotopic (exact) mass is 386 g/mol. The van der Waals surface area contributed by atoms with E-state index in [2.05, 4.69) is 27.9 Å². The average molecular weight is 387 g/mol. The quantitative estimate of drug-likeness (QED) is 0.623. The number of carbonyl (C=O) groups is 1. The van der Waals surface area contributed by atoms with Crippen molar-refractivity contribution in [2.75, 3.05) is 19.7 Å². The van der Waals surface area contributed by atoms with Crippen molar-refractivity contribution in [3.63, 3.8) is 0 Å². The largest absolute Gasteiger partial charge is 0.491 e. The summed E-state index contributed by atoms with van der Waals surface area (Å²) in [5.74, 6) is 0.396. The second kappa shape index (κ2) is 9.37. The lowest BCUT2D eigenvalue weighted by atomic mass is 10.3. The van der Waals surface area contributed by atoms with Gasteiger partial charge in [-0.2, -0.15) is 0 Å². The van der Waals surface area contributed by atoms with Crippen LogP contribution in [0.3, 0.4) is 0 Å². The molecule has 1 rings (SSSR count). The molecule has 0 bridgehead atoms. The van der Waals surface area contributed by atoms with Gasteiger partial charge in [0, 0.05) is 10.1 Å². The number of ether oxygens (including phenoxy) is 1. The summed E-state index contributed by atoms with van der Waals surface area (Å²) < 4.78 is 6.47. The van der Waals surface area contributed by atoms with Gasteiger partial charge in [-0.15, -0.1) is 12.4 Å². The second-order valence-corrected chi connectivity index (χ2v) is 4.67. The van der Waals surface area contributed by atoms with Crippen molar-refractivity contribution in [3.8, 4) is 5.75 Å². The van der Waals surface area contributed by atoms with E-state index in [4.69, 9.17) is 10.5 Å². The maximum Gasteiger partial charge on any atom is 0.233 e. The topological polar surface area (TPSA) is 84.6 Å². The lowest BCUT2D eigenvalue weighted by Crippen LogP contribution is -2.38. The van der Waals surface area contributed by atoms with Gasteiger partial charge in [-0.3, -0.25) is 4.79 Å². The van der Waals surface area contributed by atoms with E-state index >= 15 is 0 Å². The van der Waals surface area contributed by atoms with E-state index in [1.165, 1.54) is 0 Å². The van der Waals surface area contributed by atoms with E-state index in [0.29, 0.717) is 5.75 Å². The summed E-state index contributed by atoms with van der Waals surface area (Å²) in [5, 5.41) is 12.0. The van der Waals surface area contributed by atoms with Crippen LogP contribution < -0.4 is 15.8 Å². The Morgan fingerprint density at radius 3 is 2.61 bits per heavy atom. The first kappa shape index (κ1) is 17.4. The van der Waals surface area contributed by atoms with Crippen molar-refractivity contribution in [3.05, 3.63) is 27.8 Å². The van der Waals surface area contributed by atoms with Crippen LogP contribution in [0.25, 0.3) is 0 Å². The highest BCUT2D eigenvalue weighted by Gasteiger charge is 2.06. The molecule has 1 amide bonds. The van der Waals surface area contributed by atoms with Gasteiger partial charge in [-0.1, -0.05) is 0 Å². The van der Waals surface area contributed by atoms with Gasteiger partial charge in [0.25, 0.3) is 0 Å². The number of aliphatic hydroxyl groups excluding tert-OH is 1. The predicted octanol–water partition coefficient (Wildman–Crippen LogP) is 0.528. The van der Waals surface area contributed by atoms with Crippen LogP contribution in [0.1, 0.15) is 0 Å². The molecule has 0 aliphatic rings. The summed E-state index contributed by atoms with van der Waals surface area (Å²) in [4.78, 5) is 10.8. The summed E-state index contributed by atoms with van der Waals surface area (Å²) >= 11 is 2.20. The van der Waals surface area contributed by atoms with Gasteiger partial charge in [0.05, 0.1) is 6.54 Å². The Morgan fingerprint density at radius 2 is 2.06 bits per heavy atom. The number of nitrogens with two attached hydrogens (primary N) is 1. The number of halogens is 2. The molecule has 4 N–H and O–H groups in total. The van der Waals surface area contributed by atoms with E-state index < -0.39 is 6.10 Å². The molecule has 1 atom stereocenters. The van der Waals surface area contributed by atoms with E-state index in [9.17, 15) is 9.90 Å². The molecule has 18 heavy (non-hydrogen) atoms. The molecule has 0 radical (unpaired) electrons. The standard InChI is InChI=1S/C11H15IN2O3.ClH/c12-8-1-3-10(4-2-8)17-7-9(15)6-14-11(16)5-13;/h1-4,9,15H,5-7,13H2,(H,14,16);1H. The second-order valence-electron chi connectivity index (χ2n) is 3.43. The minimum absolute atomic E-state index is 0. The van der Waals surface area contributed by atoms with Gasteiger partial charge < -0.3 is 20.9 Å². The molecule has 0 aromatic heterocycles. The van der Waals surface area contributed by atoms with Crippen molar-refractivity contribution < 1.29 is 14.6 Å². The van der Waals surface area contributed by atoms with Gasteiger partial charge in [0.15, 0.2) is 0 Å². The first-order chi connectivity index (χ1) is 8.11. The van der Waals surface area contributed by atoms with E-state index in [0.717, 1.165) is 3.57 Å². The first-order valence-corrected chi connectivity index (χ1v) is 6.23. The highest BCUT2D eigenvalue weighted by atomic mass is 127. The van der Waals surface area contributed by atoms with E-state index in [1.807, 2.05) is 24.3 Å². The number of hydrogen-bond donors (Lipinski definition) is 3. The van der Waals surface area contributed by atoms with Crippen LogP contribution in [-0.2, 0) is 4.79 Å². The molecule has 102 valence electrons. The highest BCUT2D eigenvalue weighted by molar-refractivity contribution is 14.1. The summed E-state index contributed by atoms with van der Waals surface area (Å²) in [6.07, 6.45) is -0.746. The average Bonchev–Trinajstić information content (AvgIpc) is 2.35. The van der Waals surface area contributed by atoms with E-state index in [-0.39, 0.29) is 38.0 Å². The van der Waals surface area contributed by atoms with Crippen LogP contribution in [0.4, 0.5) is 0 Å². The summed E-state index contributed by atoms with van der Waals surface area (Å²) in [6, 6.07) is 7.48. The fourth-order valence-corrected chi connectivity index (χ4v) is 1.45. The Balaban J connectivity index is 0.00000289. The molecule has 1 unspecified atom stereocenters. The number of nitrogens with one attached hydrogen (secondary N) is 1. The molecular formula is C11H16ClIN2O3. The maximum atomic E-state index is 10.8. The number of hydrogen-bond acceptors (Lipinski definition) is 4. The molecular weight excluding hydrogens is 370 g/mol. The minimum atomic E-state index is -0.746. The van der Waals surface area contributed by atoms with Gasteiger partial charge in [-0.05, 0) is 46.9 Å². The lowest BCUT2D eigenvalue weighted by Gasteiger charge is -2.12. The third-order valence-electron chi connectivity index (χ3n) is 1.98. The number of aliphatic hydroxyl groups is 1. The van der Waals surface area contributed by atoms with Gasteiger partial charge in [-0.25, -0.2) is 0 Å². The van der Waals surface area contributed by atoms with Crippen LogP contribution in [-0.4, -0.2) is 36.8 Å². The number of benzene rings is 1. The van der Waals surface area contributed by atoms with Crippen molar-refractivity contribution in [2.24, 2.45) is 5.73 Å². The maximum absolute atomic E-state index is 10.8. The number of amides is 1. The molecule has 0 fully saturated rings. The molecule has 0 aliphatic carbocycles. The summed E-state index contributed by atoms with van der Waals surface area (Å²) in [5.41, 5.74) is 5.11. The molecule has 0 heterocycles. The normalized spacial score (nSPS) is 11.3. The number of rotatable bonds is 6. The van der Waals surface area contributed by atoms with Crippen molar-refractivity contribution in [1.29, 1.82) is 0 Å². The van der Waals surface area contributed by atoms with E-state index in [1.54, 1.807) is 0 Å². The Kier molecular flexibility index (Phi) is 9.08. The zero-order valence-electron chi connectivity index (χ0n) is 9.64. The van der Waals surface area contributed by atoms with Crippen LogP contribution in [0.2, 0.25) is 0 Å². The Morgan fingerprint density at radius 1 is 1.44 bits per heavy atom. The molecule has 1 aromatic rings. The van der Waals surface area contributed by atoms with Crippen LogP contribution in [0.5, 0.6) is 5.75 Å². The zero-order valence-corrected chi connectivity index (χ0v) is 12.6. The Hall–Kier alpha value is -0.570. The Labute approximate surface area is 126 Å². The van der Waals surface area contributed by atoms with Crippen molar-refractivity contribution in [1.82, 2.24) is 5.32 Å². The van der Waals surface area contributed by atoms with Crippen LogP contribution in [0.15, 0.2) is 24.3 Å². The van der Waals surface area contributed by atoms with Gasteiger partial charge in [0.2, 0.25) is 5.91 Å². The molecule has 0 saturated heterocycles. The summed E-state index contributed by atoms with van der Waals surface area (Å²) in [6.45, 7) is 0.191. The fourth-order valence-electron chi connectivity index (χ4n) is 1.09. The molecule has 0 saturated carbocycles. The smallest absolute Gasteiger partial charge is 0.233 e. The van der Waals surface area contributed by atoms with Crippen molar-refractivity contribution >= 4 is 40.9 Å². The van der Waals surface area contributed by atoms with Gasteiger partial charge >= 0.3 is 0 Å². The van der Waals surface area contributed by atoms with Crippen molar-refractivity contribution in [2.45, 2.75) is 6.10 Å². The van der Waals surface area contributed by atoms with Crippen LogP contribution in [0, 0.1) is 3.57 Å². The third-order valence-corrected chi connectivity index (χ3v) is 2.70. The zero-order chi connectivity index (χ0) is 12.7. The molecule has 7 heteroatoms. The fraction of sp³-hybridized carbons (Fsp3) is 0.364. The Bertz CT molecular complexity index is 362. The minimum Gasteiger partial charge on any atom is -0.491 e. The van der Waals surface area contributed by atoms with Gasteiger partial charge in [0.1, 0.15) is 18.5 Å². The molecule has 5 nitrogen and oxygen atoms in total. The summed E-state index contributed by atoms with van der Waals surface area (Å²) in [7, 11) is 0. The molecule has 0 aliphatic heterocycles. The number of carbonyl (C=O) groups excluding carboxylic acids is 1.